The summed E-state index contributed by atoms with van der Waals surface area (Å²) < 4.78 is 18.0. The maximum Gasteiger partial charge on any atom is 0.170 e. The Morgan fingerprint density at radius 3 is 2.80 bits per heavy atom. The van der Waals surface area contributed by atoms with Crippen LogP contribution in [-0.4, -0.2) is 19.4 Å². The number of nitrogens with two attached hydrogens (primary N) is 1. The normalized spacial score (nSPS) is 12.3. The van der Waals surface area contributed by atoms with E-state index < -0.39 is 5.82 Å². The molecule has 0 radical (unpaired) electrons. The van der Waals surface area contributed by atoms with Gasteiger partial charge in [-0.25, -0.2) is 4.39 Å². The predicted molar refractivity (Wildman–Crippen MR) is 55.5 cm³/mol. The topological polar surface area (TPSA) is 52.3 Å². The molecule has 0 aliphatic heterocycles. The van der Waals surface area contributed by atoms with E-state index in [1.54, 1.807) is 6.92 Å². The lowest BCUT2D eigenvalue weighted by molar-refractivity contribution is 0.0930. The first-order chi connectivity index (χ1) is 7.10. The van der Waals surface area contributed by atoms with Crippen LogP contribution < -0.4 is 10.5 Å². The van der Waals surface area contributed by atoms with Crippen LogP contribution in [0.4, 0.5) is 4.39 Å². The molecule has 1 unspecified atom stereocenters. The molecule has 3 nitrogen and oxygen atoms in total. The number of ether oxygens (including phenoxy) is 1. The Hall–Kier alpha value is -1.42. The monoisotopic (exact) mass is 211 g/mol. The molecule has 1 aromatic rings. The number of ketones is 1. The molecule has 1 atom stereocenters. The van der Waals surface area contributed by atoms with E-state index in [1.807, 2.05) is 0 Å². The molecule has 1 aromatic carbocycles. The number of methoxy groups -OCH3 is 1. The lowest BCUT2D eigenvalue weighted by atomic mass is 9.98. The Morgan fingerprint density at radius 2 is 2.27 bits per heavy atom. The fraction of sp³-hybridized carbons (Fsp3) is 0.364. The van der Waals surface area contributed by atoms with Crippen molar-refractivity contribution in [2.24, 2.45) is 11.7 Å². The smallest absolute Gasteiger partial charge is 0.170 e. The third-order valence-electron chi connectivity index (χ3n) is 2.23. The minimum absolute atomic E-state index is 0.200. The van der Waals surface area contributed by atoms with Gasteiger partial charge >= 0.3 is 0 Å². The summed E-state index contributed by atoms with van der Waals surface area (Å²) in [5, 5.41) is 0. The molecular formula is C11H14FNO2. The third-order valence-corrected chi connectivity index (χ3v) is 2.23. The highest BCUT2D eigenvalue weighted by Crippen LogP contribution is 2.22. The second kappa shape index (κ2) is 4.89. The maximum absolute atomic E-state index is 13.0. The number of halogens is 1. The van der Waals surface area contributed by atoms with E-state index in [2.05, 4.69) is 0 Å². The highest BCUT2D eigenvalue weighted by atomic mass is 19.1. The Bertz CT molecular complexity index is 366. The Balaban J connectivity index is 3.11. The van der Waals surface area contributed by atoms with Gasteiger partial charge < -0.3 is 10.5 Å². The van der Waals surface area contributed by atoms with E-state index in [-0.39, 0.29) is 23.8 Å². The average Bonchev–Trinajstić information content (AvgIpc) is 2.27. The molecule has 0 aliphatic carbocycles. The van der Waals surface area contributed by atoms with Crippen molar-refractivity contribution < 1.29 is 13.9 Å². The van der Waals surface area contributed by atoms with Gasteiger partial charge in [-0.3, -0.25) is 4.79 Å². The van der Waals surface area contributed by atoms with E-state index in [0.29, 0.717) is 5.75 Å². The summed E-state index contributed by atoms with van der Waals surface area (Å²) in [6.07, 6.45) is 0. The summed E-state index contributed by atoms with van der Waals surface area (Å²) >= 11 is 0. The van der Waals surface area contributed by atoms with Crippen LogP contribution in [0.1, 0.15) is 17.3 Å². The molecule has 0 heterocycles. The molecule has 0 saturated carbocycles. The van der Waals surface area contributed by atoms with Crippen molar-refractivity contribution in [3.05, 3.63) is 29.6 Å². The Labute approximate surface area is 88.0 Å². The molecule has 4 heteroatoms. The number of Topliss-reactive ketones (excluding diaryl/α,β-unsaturated/α-hetero) is 1. The molecule has 0 saturated heterocycles. The predicted octanol–water partition coefficient (Wildman–Crippen LogP) is 1.61. The maximum atomic E-state index is 13.0. The molecule has 0 fully saturated rings. The van der Waals surface area contributed by atoms with Crippen LogP contribution in [0.3, 0.4) is 0 Å². The Kier molecular flexibility index (Phi) is 3.80. The van der Waals surface area contributed by atoms with Crippen molar-refractivity contribution in [3.63, 3.8) is 0 Å². The van der Waals surface area contributed by atoms with E-state index in [0.717, 1.165) is 0 Å². The number of carbonyl (C=O) groups excluding carboxylic acids is 1. The zero-order chi connectivity index (χ0) is 11.4. The van der Waals surface area contributed by atoms with Crippen LogP contribution in [0, 0.1) is 11.7 Å². The zero-order valence-corrected chi connectivity index (χ0v) is 8.79. The average molecular weight is 211 g/mol. The zero-order valence-electron chi connectivity index (χ0n) is 8.79. The van der Waals surface area contributed by atoms with Crippen LogP contribution in [-0.2, 0) is 0 Å². The number of hydrogen-bond donors (Lipinski definition) is 1. The van der Waals surface area contributed by atoms with Gasteiger partial charge in [0.1, 0.15) is 11.6 Å². The third kappa shape index (κ3) is 2.53. The molecule has 0 aromatic heterocycles. The van der Waals surface area contributed by atoms with Gasteiger partial charge in [-0.05, 0) is 18.2 Å². The van der Waals surface area contributed by atoms with Crippen molar-refractivity contribution in [2.45, 2.75) is 6.92 Å². The van der Waals surface area contributed by atoms with Gasteiger partial charge in [0.2, 0.25) is 0 Å². The molecule has 15 heavy (non-hydrogen) atoms. The molecule has 1 rings (SSSR count). The highest BCUT2D eigenvalue weighted by Gasteiger charge is 2.18. The summed E-state index contributed by atoms with van der Waals surface area (Å²) in [5.41, 5.74) is 5.63. The molecule has 82 valence electrons. The van der Waals surface area contributed by atoms with Crippen LogP contribution >= 0.6 is 0 Å². The van der Waals surface area contributed by atoms with Gasteiger partial charge in [0.15, 0.2) is 5.78 Å². The first-order valence-electron chi connectivity index (χ1n) is 4.68. The van der Waals surface area contributed by atoms with Gasteiger partial charge in [-0.1, -0.05) is 6.92 Å². The van der Waals surface area contributed by atoms with Gasteiger partial charge in [0.25, 0.3) is 0 Å². The molecule has 0 aliphatic rings. The van der Waals surface area contributed by atoms with Gasteiger partial charge in [0, 0.05) is 12.5 Å². The van der Waals surface area contributed by atoms with Crippen LogP contribution in [0.15, 0.2) is 18.2 Å². The fourth-order valence-corrected chi connectivity index (χ4v) is 1.25. The second-order valence-corrected chi connectivity index (χ2v) is 3.35. The molecule has 0 spiro atoms. The summed E-state index contributed by atoms with van der Waals surface area (Å²) in [4.78, 5) is 11.8. The van der Waals surface area contributed by atoms with Crippen LogP contribution in [0.5, 0.6) is 5.75 Å². The van der Waals surface area contributed by atoms with Crippen molar-refractivity contribution in [1.29, 1.82) is 0 Å². The van der Waals surface area contributed by atoms with Crippen molar-refractivity contribution in [3.8, 4) is 5.75 Å². The van der Waals surface area contributed by atoms with E-state index in [4.69, 9.17) is 10.5 Å². The molecule has 0 amide bonds. The number of hydrogen-bond acceptors (Lipinski definition) is 3. The second-order valence-electron chi connectivity index (χ2n) is 3.35. The van der Waals surface area contributed by atoms with E-state index in [1.165, 1.54) is 25.3 Å². The van der Waals surface area contributed by atoms with Crippen molar-refractivity contribution in [1.82, 2.24) is 0 Å². The minimum Gasteiger partial charge on any atom is -0.496 e. The number of benzene rings is 1. The highest BCUT2D eigenvalue weighted by molar-refractivity contribution is 6.00. The lowest BCUT2D eigenvalue weighted by Gasteiger charge is -2.11. The summed E-state index contributed by atoms with van der Waals surface area (Å²) in [5.74, 6) is -0.611. The fourth-order valence-electron chi connectivity index (χ4n) is 1.25. The van der Waals surface area contributed by atoms with Gasteiger partial charge in [-0.15, -0.1) is 0 Å². The quantitative estimate of drug-likeness (QED) is 0.770. The van der Waals surface area contributed by atoms with Gasteiger partial charge in [-0.2, -0.15) is 0 Å². The largest absolute Gasteiger partial charge is 0.496 e. The van der Waals surface area contributed by atoms with Crippen LogP contribution in [0.25, 0.3) is 0 Å². The summed E-state index contributed by atoms with van der Waals surface area (Å²) in [7, 11) is 1.44. The van der Waals surface area contributed by atoms with Crippen molar-refractivity contribution in [2.75, 3.05) is 13.7 Å². The van der Waals surface area contributed by atoms with E-state index >= 15 is 0 Å². The molecule has 2 N–H and O–H groups in total. The SMILES string of the molecule is COc1ccc(F)cc1C(=O)C(C)CN. The number of carbonyl (C=O) groups is 1. The standard InChI is InChI=1S/C11H14FNO2/c1-7(6-13)11(14)9-5-8(12)3-4-10(9)15-2/h3-5,7H,6,13H2,1-2H3. The summed E-state index contributed by atoms with van der Waals surface area (Å²) in [6.45, 7) is 1.94. The van der Waals surface area contributed by atoms with E-state index in [9.17, 15) is 9.18 Å². The van der Waals surface area contributed by atoms with Crippen LogP contribution in [0.2, 0.25) is 0 Å². The lowest BCUT2D eigenvalue weighted by Crippen LogP contribution is -2.21. The first kappa shape index (κ1) is 11.7. The molecule has 0 bridgehead atoms. The first-order valence-corrected chi connectivity index (χ1v) is 4.68. The van der Waals surface area contributed by atoms with Crippen molar-refractivity contribution >= 4 is 5.78 Å². The van der Waals surface area contributed by atoms with Gasteiger partial charge in [0.05, 0.1) is 12.7 Å². The molecular weight excluding hydrogens is 197 g/mol. The minimum atomic E-state index is -0.455. The number of rotatable bonds is 4. The Morgan fingerprint density at radius 1 is 1.60 bits per heavy atom. The summed E-state index contributed by atoms with van der Waals surface area (Å²) in [6, 6.07) is 3.86.